The van der Waals surface area contributed by atoms with E-state index in [0.717, 1.165) is 18.4 Å². The fraction of sp³-hybridized carbons (Fsp3) is 0.316. The van der Waals surface area contributed by atoms with Crippen LogP contribution in [0.15, 0.2) is 42.5 Å². The van der Waals surface area contributed by atoms with Gasteiger partial charge >= 0.3 is 5.97 Å². The molecule has 0 unspecified atom stereocenters. The fourth-order valence-corrected chi connectivity index (χ4v) is 2.37. The van der Waals surface area contributed by atoms with Crippen molar-refractivity contribution in [3.05, 3.63) is 53.6 Å². The van der Waals surface area contributed by atoms with Crippen molar-refractivity contribution in [1.29, 1.82) is 0 Å². The van der Waals surface area contributed by atoms with E-state index in [1.54, 1.807) is 18.2 Å². The zero-order valence-corrected chi connectivity index (χ0v) is 13.7. The Morgan fingerprint density at radius 2 is 1.75 bits per heavy atom. The maximum atomic E-state index is 11.3. The van der Waals surface area contributed by atoms with Crippen LogP contribution in [-0.2, 0) is 6.42 Å². The number of ether oxygens (including phenoxy) is 2. The Labute approximate surface area is 141 Å². The van der Waals surface area contributed by atoms with Gasteiger partial charge in [0, 0.05) is 18.6 Å². The van der Waals surface area contributed by atoms with Crippen LogP contribution < -0.4 is 9.47 Å². The predicted octanol–water partition coefficient (Wildman–Crippen LogP) is 3.89. The van der Waals surface area contributed by atoms with Crippen molar-refractivity contribution >= 4 is 5.97 Å². The highest BCUT2D eigenvalue weighted by Gasteiger charge is 2.15. The molecule has 24 heavy (non-hydrogen) atoms. The van der Waals surface area contributed by atoms with E-state index in [9.17, 15) is 9.90 Å². The van der Waals surface area contributed by atoms with Gasteiger partial charge < -0.3 is 19.7 Å². The number of benzene rings is 2. The number of para-hydroxylation sites is 1. The van der Waals surface area contributed by atoms with Crippen molar-refractivity contribution in [3.63, 3.8) is 0 Å². The molecular weight excluding hydrogens is 308 g/mol. The van der Waals surface area contributed by atoms with Crippen LogP contribution >= 0.6 is 0 Å². The average Bonchev–Trinajstić information content (AvgIpc) is 2.58. The van der Waals surface area contributed by atoms with Gasteiger partial charge in [0.25, 0.3) is 0 Å². The second-order valence-corrected chi connectivity index (χ2v) is 5.31. The zero-order chi connectivity index (χ0) is 17.4. The number of rotatable bonds is 9. The fourth-order valence-electron chi connectivity index (χ4n) is 2.37. The minimum atomic E-state index is -1.03. The molecule has 128 valence electrons. The van der Waals surface area contributed by atoms with Gasteiger partial charge in [0.2, 0.25) is 0 Å². The van der Waals surface area contributed by atoms with Crippen molar-refractivity contribution in [1.82, 2.24) is 0 Å². The van der Waals surface area contributed by atoms with Gasteiger partial charge in [-0.3, -0.25) is 0 Å². The molecule has 0 aliphatic carbocycles. The second kappa shape index (κ2) is 8.93. The third-order valence-electron chi connectivity index (χ3n) is 3.49. The topological polar surface area (TPSA) is 76.0 Å². The van der Waals surface area contributed by atoms with Gasteiger partial charge in [-0.2, -0.15) is 0 Å². The van der Waals surface area contributed by atoms with E-state index in [1.165, 1.54) is 6.07 Å². The average molecular weight is 330 g/mol. The van der Waals surface area contributed by atoms with Gasteiger partial charge in [0.05, 0.1) is 6.61 Å². The van der Waals surface area contributed by atoms with Crippen LogP contribution in [0.2, 0.25) is 0 Å². The number of aliphatic hydroxyl groups is 1. The maximum absolute atomic E-state index is 11.3. The van der Waals surface area contributed by atoms with E-state index in [4.69, 9.17) is 14.6 Å². The number of hydrogen-bond acceptors (Lipinski definition) is 4. The Bertz CT molecular complexity index is 681. The SMILES string of the molecule is CCCc1c(OCCCO)cccc1Oc1ccccc1C(=O)O. The number of aliphatic hydroxyl groups excluding tert-OH is 1. The van der Waals surface area contributed by atoms with Crippen molar-refractivity contribution in [2.24, 2.45) is 0 Å². The molecule has 5 heteroatoms. The summed E-state index contributed by atoms with van der Waals surface area (Å²) in [7, 11) is 0. The first-order valence-electron chi connectivity index (χ1n) is 8.03. The minimum Gasteiger partial charge on any atom is -0.493 e. The molecule has 0 saturated heterocycles. The Morgan fingerprint density at radius 1 is 1.04 bits per heavy atom. The molecule has 0 bridgehead atoms. The van der Waals surface area contributed by atoms with Crippen LogP contribution in [-0.4, -0.2) is 29.4 Å². The lowest BCUT2D eigenvalue weighted by molar-refractivity contribution is 0.0694. The standard InChI is InChI=1S/C19H22O5/c1-2-7-14-16(23-13-6-12-20)10-5-11-17(14)24-18-9-4-3-8-15(18)19(21)22/h3-5,8-11,20H,2,6-7,12-13H2,1H3,(H,21,22). The predicted molar refractivity (Wildman–Crippen MR) is 91.1 cm³/mol. The summed E-state index contributed by atoms with van der Waals surface area (Å²) in [4.78, 5) is 11.3. The Kier molecular flexibility index (Phi) is 6.63. The number of carboxylic acid groups (broad SMARTS) is 1. The molecule has 0 aliphatic rings. The minimum absolute atomic E-state index is 0.0747. The summed E-state index contributed by atoms with van der Waals surface area (Å²) in [6.07, 6.45) is 2.20. The lowest BCUT2D eigenvalue weighted by Gasteiger charge is -2.16. The van der Waals surface area contributed by atoms with E-state index >= 15 is 0 Å². The molecule has 5 nitrogen and oxygen atoms in total. The summed E-state index contributed by atoms with van der Waals surface area (Å²) in [5.74, 6) is 0.565. The van der Waals surface area contributed by atoms with E-state index in [0.29, 0.717) is 30.3 Å². The van der Waals surface area contributed by atoms with Crippen LogP contribution in [0.1, 0.15) is 35.7 Å². The van der Waals surface area contributed by atoms with Gasteiger partial charge in [-0.1, -0.05) is 31.5 Å². The Hall–Kier alpha value is -2.53. The highest BCUT2D eigenvalue weighted by Crippen LogP contribution is 2.34. The zero-order valence-electron chi connectivity index (χ0n) is 13.7. The molecule has 0 heterocycles. The largest absolute Gasteiger partial charge is 0.493 e. The van der Waals surface area contributed by atoms with Gasteiger partial charge in [-0.05, 0) is 30.7 Å². The second-order valence-electron chi connectivity index (χ2n) is 5.31. The smallest absolute Gasteiger partial charge is 0.339 e. The molecule has 0 saturated carbocycles. The molecule has 2 N–H and O–H groups in total. The first-order chi connectivity index (χ1) is 11.7. The number of hydrogen-bond donors (Lipinski definition) is 2. The van der Waals surface area contributed by atoms with E-state index in [2.05, 4.69) is 6.92 Å². The summed E-state index contributed by atoms with van der Waals surface area (Å²) >= 11 is 0. The summed E-state index contributed by atoms with van der Waals surface area (Å²) in [5, 5.41) is 18.2. The number of carbonyl (C=O) groups is 1. The van der Waals surface area contributed by atoms with Crippen LogP contribution in [0.25, 0.3) is 0 Å². The van der Waals surface area contributed by atoms with Crippen molar-refractivity contribution in [3.8, 4) is 17.2 Å². The molecule has 0 amide bonds. The first kappa shape index (κ1) is 17.8. The quantitative estimate of drug-likeness (QED) is 0.682. The van der Waals surface area contributed by atoms with Crippen LogP contribution in [0.3, 0.4) is 0 Å². The molecule has 0 fully saturated rings. The lowest BCUT2D eigenvalue weighted by atomic mass is 10.1. The normalized spacial score (nSPS) is 10.4. The molecule has 0 atom stereocenters. The van der Waals surface area contributed by atoms with Gasteiger partial charge in [0.15, 0.2) is 0 Å². The lowest BCUT2D eigenvalue weighted by Crippen LogP contribution is -2.04. The van der Waals surface area contributed by atoms with E-state index in [-0.39, 0.29) is 12.2 Å². The molecule has 2 rings (SSSR count). The highest BCUT2D eigenvalue weighted by molar-refractivity contribution is 5.90. The molecule has 0 aromatic heterocycles. The van der Waals surface area contributed by atoms with E-state index < -0.39 is 5.97 Å². The van der Waals surface area contributed by atoms with Crippen LogP contribution in [0.5, 0.6) is 17.2 Å². The van der Waals surface area contributed by atoms with Crippen molar-refractivity contribution in [2.45, 2.75) is 26.2 Å². The van der Waals surface area contributed by atoms with Gasteiger partial charge in [-0.15, -0.1) is 0 Å². The van der Waals surface area contributed by atoms with Crippen LogP contribution in [0.4, 0.5) is 0 Å². The van der Waals surface area contributed by atoms with Crippen molar-refractivity contribution in [2.75, 3.05) is 13.2 Å². The molecule has 2 aromatic carbocycles. The summed E-state index contributed by atoms with van der Waals surface area (Å²) in [6.45, 7) is 2.55. The third kappa shape index (κ3) is 4.49. The first-order valence-corrected chi connectivity index (χ1v) is 8.03. The van der Waals surface area contributed by atoms with Gasteiger partial charge in [-0.25, -0.2) is 4.79 Å². The molecule has 0 aliphatic heterocycles. The summed E-state index contributed by atoms with van der Waals surface area (Å²) < 4.78 is 11.6. The van der Waals surface area contributed by atoms with Crippen LogP contribution in [0, 0.1) is 0 Å². The number of carboxylic acids is 1. The molecular formula is C19H22O5. The molecule has 0 radical (unpaired) electrons. The highest BCUT2D eigenvalue weighted by atomic mass is 16.5. The Balaban J connectivity index is 2.32. The van der Waals surface area contributed by atoms with E-state index in [1.807, 2.05) is 18.2 Å². The molecule has 0 spiro atoms. The summed E-state index contributed by atoms with van der Waals surface area (Å²) in [6, 6.07) is 12.0. The monoisotopic (exact) mass is 330 g/mol. The van der Waals surface area contributed by atoms with Crippen molar-refractivity contribution < 1.29 is 24.5 Å². The maximum Gasteiger partial charge on any atom is 0.339 e. The number of aromatic carboxylic acids is 1. The molecule has 2 aromatic rings. The summed E-state index contributed by atoms with van der Waals surface area (Å²) in [5.41, 5.74) is 1.02. The van der Waals surface area contributed by atoms with Gasteiger partial charge in [0.1, 0.15) is 22.8 Å². The third-order valence-corrected chi connectivity index (χ3v) is 3.49. The Morgan fingerprint density at radius 3 is 2.46 bits per heavy atom.